The first kappa shape index (κ1) is 23.2. The van der Waals surface area contributed by atoms with Gasteiger partial charge in [-0.1, -0.05) is 30.3 Å². The third-order valence-electron chi connectivity index (χ3n) is 6.02. The molecule has 0 unspecified atom stereocenters. The Morgan fingerprint density at radius 1 is 0.879 bits per heavy atom. The predicted molar refractivity (Wildman–Crippen MR) is 118 cm³/mol. The minimum absolute atomic E-state index is 0.0660. The van der Waals surface area contributed by atoms with Crippen molar-refractivity contribution in [2.24, 2.45) is 0 Å². The Hall–Kier alpha value is -2.94. The van der Waals surface area contributed by atoms with Crippen molar-refractivity contribution < 1.29 is 27.4 Å². The summed E-state index contributed by atoms with van der Waals surface area (Å²) in [5.41, 5.74) is 2.08. The van der Waals surface area contributed by atoms with Crippen LogP contribution >= 0.6 is 0 Å². The second-order valence-electron chi connectivity index (χ2n) is 8.36. The van der Waals surface area contributed by atoms with E-state index >= 15 is 0 Å². The highest BCUT2D eigenvalue weighted by atomic mass is 19.4. The molecule has 2 heterocycles. The van der Waals surface area contributed by atoms with Crippen LogP contribution in [0.4, 0.5) is 23.7 Å². The molecule has 2 aliphatic rings. The first-order valence-electron chi connectivity index (χ1n) is 11.2. The summed E-state index contributed by atoms with van der Waals surface area (Å²) < 4.78 is 46.6. The largest absolute Gasteiger partial charge is 0.573 e. The summed E-state index contributed by atoms with van der Waals surface area (Å²) in [4.78, 5) is 18.7. The molecule has 2 aromatic carbocycles. The molecule has 0 radical (unpaired) electrons. The normalized spacial score (nSPS) is 18.3. The lowest BCUT2D eigenvalue weighted by Crippen LogP contribution is -2.50. The molecule has 0 N–H and O–H groups in total. The maximum absolute atomic E-state index is 12.6. The fourth-order valence-corrected chi connectivity index (χ4v) is 4.25. The average Bonchev–Trinajstić information content (AvgIpc) is 2.81. The van der Waals surface area contributed by atoms with Gasteiger partial charge < -0.3 is 19.3 Å². The lowest BCUT2D eigenvalue weighted by molar-refractivity contribution is -0.274. The molecule has 178 valence electrons. The van der Waals surface area contributed by atoms with Gasteiger partial charge in [-0.3, -0.25) is 4.90 Å². The van der Waals surface area contributed by atoms with Crippen molar-refractivity contribution in [2.75, 3.05) is 44.2 Å². The van der Waals surface area contributed by atoms with Crippen LogP contribution in [0.25, 0.3) is 0 Å². The molecule has 0 aromatic heterocycles. The topological polar surface area (TPSA) is 45.2 Å². The summed E-state index contributed by atoms with van der Waals surface area (Å²) >= 11 is 0. The van der Waals surface area contributed by atoms with Crippen LogP contribution in [0.3, 0.4) is 0 Å². The van der Waals surface area contributed by atoms with Gasteiger partial charge in [-0.05, 0) is 42.7 Å². The van der Waals surface area contributed by atoms with Crippen LogP contribution in [0, 0.1) is 0 Å². The highest BCUT2D eigenvalue weighted by molar-refractivity contribution is 5.68. The quantitative estimate of drug-likeness (QED) is 0.653. The zero-order chi connectivity index (χ0) is 23.3. The summed E-state index contributed by atoms with van der Waals surface area (Å²) in [6, 6.07) is 16.1. The van der Waals surface area contributed by atoms with Gasteiger partial charge in [0.15, 0.2) is 0 Å². The third kappa shape index (κ3) is 6.77. The number of piperidine rings is 1. The molecule has 2 fully saturated rings. The molecule has 0 spiro atoms. The van der Waals surface area contributed by atoms with Crippen molar-refractivity contribution >= 4 is 11.8 Å². The highest BCUT2D eigenvalue weighted by Gasteiger charge is 2.31. The minimum atomic E-state index is -4.70. The lowest BCUT2D eigenvalue weighted by Gasteiger charge is -2.37. The van der Waals surface area contributed by atoms with Crippen molar-refractivity contribution in [3.05, 3.63) is 60.2 Å². The van der Waals surface area contributed by atoms with E-state index < -0.39 is 6.36 Å². The number of amides is 1. The molecule has 0 saturated carbocycles. The van der Waals surface area contributed by atoms with Crippen LogP contribution in [0.15, 0.2) is 54.6 Å². The zero-order valence-corrected chi connectivity index (χ0v) is 18.3. The van der Waals surface area contributed by atoms with Gasteiger partial charge in [0, 0.05) is 51.5 Å². The van der Waals surface area contributed by atoms with E-state index in [1.165, 1.54) is 17.7 Å². The molecular formula is C24H28F3N3O3. The van der Waals surface area contributed by atoms with Crippen molar-refractivity contribution in [1.82, 2.24) is 9.80 Å². The van der Waals surface area contributed by atoms with Gasteiger partial charge in [0.1, 0.15) is 11.9 Å². The Kier molecular flexibility index (Phi) is 7.27. The number of carbonyl (C=O) groups is 1. The Morgan fingerprint density at radius 2 is 1.52 bits per heavy atom. The first-order valence-corrected chi connectivity index (χ1v) is 11.2. The molecule has 1 amide bonds. The van der Waals surface area contributed by atoms with Gasteiger partial charge in [-0.2, -0.15) is 0 Å². The van der Waals surface area contributed by atoms with Gasteiger partial charge in [0.05, 0.1) is 0 Å². The molecule has 0 atom stereocenters. The van der Waals surface area contributed by atoms with Gasteiger partial charge >= 0.3 is 12.5 Å². The third-order valence-corrected chi connectivity index (χ3v) is 6.02. The summed E-state index contributed by atoms with van der Waals surface area (Å²) in [7, 11) is 0. The molecule has 0 bridgehead atoms. The Bertz CT molecular complexity index is 893. The fourth-order valence-electron chi connectivity index (χ4n) is 4.25. The van der Waals surface area contributed by atoms with Crippen LogP contribution < -0.4 is 9.64 Å². The maximum atomic E-state index is 12.6. The SMILES string of the molecule is O=C(OC1CCN(Cc2ccccc2)CC1)N1CCN(c2ccc(OC(F)(F)F)cc2)CC1. The second-order valence-corrected chi connectivity index (χ2v) is 8.36. The van der Waals surface area contributed by atoms with E-state index in [1.807, 2.05) is 23.1 Å². The summed E-state index contributed by atoms with van der Waals surface area (Å²) in [6.45, 7) is 4.89. The molecular weight excluding hydrogens is 435 g/mol. The van der Waals surface area contributed by atoms with Crippen molar-refractivity contribution in [3.63, 3.8) is 0 Å². The lowest BCUT2D eigenvalue weighted by atomic mass is 10.1. The molecule has 2 aromatic rings. The Labute approximate surface area is 191 Å². The number of benzene rings is 2. The fraction of sp³-hybridized carbons (Fsp3) is 0.458. The number of likely N-dealkylation sites (tertiary alicyclic amines) is 1. The van der Waals surface area contributed by atoms with Crippen LogP contribution in [0.2, 0.25) is 0 Å². The average molecular weight is 464 g/mol. The zero-order valence-electron chi connectivity index (χ0n) is 18.3. The summed E-state index contributed by atoms with van der Waals surface area (Å²) in [5, 5.41) is 0. The van der Waals surface area contributed by atoms with Gasteiger partial charge in [0.2, 0.25) is 0 Å². The van der Waals surface area contributed by atoms with E-state index in [-0.39, 0.29) is 17.9 Å². The van der Waals surface area contributed by atoms with Crippen LogP contribution in [0.1, 0.15) is 18.4 Å². The van der Waals surface area contributed by atoms with E-state index in [9.17, 15) is 18.0 Å². The van der Waals surface area contributed by atoms with Crippen LogP contribution in [-0.2, 0) is 11.3 Å². The molecule has 2 aliphatic heterocycles. The molecule has 4 rings (SSSR count). The Balaban J connectivity index is 1.18. The number of alkyl halides is 3. The number of ether oxygens (including phenoxy) is 2. The number of nitrogens with zero attached hydrogens (tertiary/aromatic N) is 3. The van der Waals surface area contributed by atoms with E-state index in [4.69, 9.17) is 4.74 Å². The summed E-state index contributed by atoms with van der Waals surface area (Å²) in [6.07, 6.45) is -3.41. The smallest absolute Gasteiger partial charge is 0.446 e. The number of rotatable bonds is 5. The maximum Gasteiger partial charge on any atom is 0.573 e. The van der Waals surface area contributed by atoms with E-state index in [1.54, 1.807) is 17.0 Å². The number of hydrogen-bond donors (Lipinski definition) is 0. The van der Waals surface area contributed by atoms with Crippen LogP contribution in [0.5, 0.6) is 5.75 Å². The number of halogens is 3. The molecule has 33 heavy (non-hydrogen) atoms. The van der Waals surface area contributed by atoms with E-state index in [2.05, 4.69) is 21.8 Å². The molecule has 2 saturated heterocycles. The van der Waals surface area contributed by atoms with Gasteiger partial charge in [-0.25, -0.2) is 4.79 Å². The molecule has 0 aliphatic carbocycles. The molecule has 6 nitrogen and oxygen atoms in total. The van der Waals surface area contributed by atoms with Gasteiger partial charge in [-0.15, -0.1) is 13.2 Å². The highest BCUT2D eigenvalue weighted by Crippen LogP contribution is 2.26. The van der Waals surface area contributed by atoms with Crippen molar-refractivity contribution in [1.29, 1.82) is 0 Å². The number of anilines is 1. The van der Waals surface area contributed by atoms with Crippen molar-refractivity contribution in [2.45, 2.75) is 31.9 Å². The van der Waals surface area contributed by atoms with Gasteiger partial charge in [0.25, 0.3) is 0 Å². The standard InChI is InChI=1S/C24H28F3N3O3/c25-24(26,27)33-22-8-6-20(7-9-22)29-14-16-30(17-15-29)23(31)32-21-10-12-28(13-11-21)18-19-4-2-1-3-5-19/h1-9,21H,10-18H2. The van der Waals surface area contributed by atoms with Crippen molar-refractivity contribution in [3.8, 4) is 5.75 Å². The van der Waals surface area contributed by atoms with E-state index in [0.29, 0.717) is 26.2 Å². The molecule has 9 heteroatoms. The summed E-state index contributed by atoms with van der Waals surface area (Å²) in [5.74, 6) is -0.247. The predicted octanol–water partition coefficient (Wildman–Crippen LogP) is 4.51. The Morgan fingerprint density at radius 3 is 2.12 bits per heavy atom. The van der Waals surface area contributed by atoms with E-state index in [0.717, 1.165) is 38.2 Å². The number of piperazine rings is 1. The number of carbonyl (C=O) groups excluding carboxylic acids is 1. The first-order chi connectivity index (χ1) is 15.9. The number of hydrogen-bond acceptors (Lipinski definition) is 5. The minimum Gasteiger partial charge on any atom is -0.446 e. The van der Waals surface area contributed by atoms with Crippen LogP contribution in [-0.4, -0.2) is 67.6 Å². The second kappa shape index (κ2) is 10.3. The monoisotopic (exact) mass is 463 g/mol.